The Hall–Kier alpha value is -4.44. The van der Waals surface area contributed by atoms with Gasteiger partial charge in [0.05, 0.1) is 28.4 Å². The van der Waals surface area contributed by atoms with Gasteiger partial charge in [0.1, 0.15) is 0 Å². The first-order chi connectivity index (χ1) is 18.4. The average Bonchev–Trinajstić information content (AvgIpc) is 3.37. The molecule has 10 nitrogen and oxygen atoms in total. The molecule has 0 aliphatic heterocycles. The molecule has 3 aromatic carbocycles. The summed E-state index contributed by atoms with van der Waals surface area (Å²) in [7, 11) is 6.32. The number of anilines is 2. The third kappa shape index (κ3) is 6.09. The van der Waals surface area contributed by atoms with Crippen LogP contribution in [0.5, 0.6) is 23.0 Å². The van der Waals surface area contributed by atoms with E-state index in [2.05, 4.69) is 20.7 Å². The fourth-order valence-electron chi connectivity index (χ4n) is 3.73. The Morgan fingerprint density at radius 1 is 0.789 bits per heavy atom. The van der Waals surface area contributed by atoms with Crippen molar-refractivity contribution >= 4 is 29.4 Å². The van der Waals surface area contributed by atoms with E-state index in [9.17, 15) is 4.79 Å². The number of benzene rings is 3. The van der Waals surface area contributed by atoms with E-state index in [-0.39, 0.29) is 17.8 Å². The summed E-state index contributed by atoms with van der Waals surface area (Å²) >= 11 is 6.11. The van der Waals surface area contributed by atoms with Gasteiger partial charge in [0.2, 0.25) is 11.9 Å². The molecule has 2 N–H and O–H groups in total. The summed E-state index contributed by atoms with van der Waals surface area (Å²) in [6.45, 7) is 0.752. The summed E-state index contributed by atoms with van der Waals surface area (Å²) in [5, 5.41) is 11.2. The van der Waals surface area contributed by atoms with Crippen molar-refractivity contribution in [2.45, 2.75) is 13.1 Å². The molecule has 1 aromatic heterocycles. The van der Waals surface area contributed by atoms with Gasteiger partial charge in [0.15, 0.2) is 23.0 Å². The molecular weight excluding hydrogens is 510 g/mol. The smallest absolute Gasteiger partial charge is 0.281 e. The normalized spacial score (nSPS) is 10.6. The lowest BCUT2D eigenvalue weighted by Gasteiger charge is -2.11. The Balaban J connectivity index is 1.58. The molecular formula is C27H28ClN5O5. The van der Waals surface area contributed by atoms with Crippen molar-refractivity contribution < 1.29 is 23.7 Å². The molecule has 0 saturated heterocycles. The quantitative estimate of drug-likeness (QED) is 0.277. The SMILES string of the molecule is COc1ccc(CNc2nc(NCc3ccc(OC)c(OC)c3)n(C(=O)c3cccc(Cl)c3)n2)cc1OC. The second-order valence-electron chi connectivity index (χ2n) is 8.07. The molecule has 0 amide bonds. The highest BCUT2D eigenvalue weighted by Gasteiger charge is 2.19. The van der Waals surface area contributed by atoms with E-state index in [0.717, 1.165) is 11.1 Å². The summed E-state index contributed by atoms with van der Waals surface area (Å²) in [6, 6.07) is 17.8. The minimum Gasteiger partial charge on any atom is -0.493 e. The van der Waals surface area contributed by atoms with E-state index in [1.54, 1.807) is 52.7 Å². The molecule has 1 heterocycles. The van der Waals surface area contributed by atoms with Crippen LogP contribution >= 0.6 is 11.6 Å². The number of methoxy groups -OCH3 is 4. The van der Waals surface area contributed by atoms with Crippen LogP contribution in [0.1, 0.15) is 21.5 Å². The monoisotopic (exact) mass is 537 g/mol. The number of carbonyl (C=O) groups is 1. The molecule has 4 aromatic rings. The summed E-state index contributed by atoms with van der Waals surface area (Å²) in [5.74, 6) is 2.61. The lowest BCUT2D eigenvalue weighted by Crippen LogP contribution is -2.17. The highest BCUT2D eigenvalue weighted by molar-refractivity contribution is 6.31. The highest BCUT2D eigenvalue weighted by Crippen LogP contribution is 2.29. The van der Waals surface area contributed by atoms with Gasteiger partial charge in [-0.05, 0) is 53.6 Å². The molecule has 0 atom stereocenters. The third-order valence-corrected chi connectivity index (χ3v) is 5.90. The van der Waals surface area contributed by atoms with Gasteiger partial charge >= 0.3 is 0 Å². The Bertz CT molecular complexity index is 1420. The third-order valence-electron chi connectivity index (χ3n) is 5.67. The maximum absolute atomic E-state index is 13.3. The highest BCUT2D eigenvalue weighted by atomic mass is 35.5. The standard InChI is InChI=1S/C27H28ClN5O5/c1-35-21-10-8-17(12-23(21)37-3)15-29-26-31-27(30-16-18-9-11-22(36-2)24(13-18)38-4)33(32-26)25(34)19-6-5-7-20(28)14-19/h5-14H,15-16H2,1-4H3,(H2,29,30,31,32). The molecule has 0 aliphatic rings. The zero-order valence-electron chi connectivity index (χ0n) is 21.4. The van der Waals surface area contributed by atoms with Gasteiger partial charge in [-0.25, -0.2) is 0 Å². The van der Waals surface area contributed by atoms with E-state index in [4.69, 9.17) is 30.5 Å². The van der Waals surface area contributed by atoms with E-state index in [1.807, 2.05) is 36.4 Å². The van der Waals surface area contributed by atoms with Crippen molar-refractivity contribution in [3.63, 3.8) is 0 Å². The van der Waals surface area contributed by atoms with Crippen molar-refractivity contribution in [1.29, 1.82) is 0 Å². The Morgan fingerprint density at radius 2 is 1.37 bits per heavy atom. The van der Waals surface area contributed by atoms with Crippen molar-refractivity contribution in [1.82, 2.24) is 14.8 Å². The first kappa shape index (κ1) is 26.6. The van der Waals surface area contributed by atoms with Crippen LogP contribution in [0.25, 0.3) is 0 Å². The van der Waals surface area contributed by atoms with E-state index in [1.165, 1.54) is 4.68 Å². The molecule has 11 heteroatoms. The van der Waals surface area contributed by atoms with Crippen LogP contribution in [0, 0.1) is 0 Å². The van der Waals surface area contributed by atoms with Crippen molar-refractivity contribution in [3.05, 3.63) is 82.4 Å². The maximum Gasteiger partial charge on any atom is 0.281 e. The predicted octanol–water partition coefficient (Wildman–Crippen LogP) is 4.88. The van der Waals surface area contributed by atoms with Crippen LogP contribution in [-0.2, 0) is 13.1 Å². The molecule has 0 radical (unpaired) electrons. The number of hydrogen-bond donors (Lipinski definition) is 2. The van der Waals surface area contributed by atoms with Gasteiger partial charge in [-0.15, -0.1) is 5.10 Å². The summed E-state index contributed by atoms with van der Waals surface area (Å²) in [5.41, 5.74) is 2.19. The van der Waals surface area contributed by atoms with Crippen LogP contribution in [-0.4, -0.2) is 49.1 Å². The zero-order valence-corrected chi connectivity index (χ0v) is 22.2. The number of halogens is 1. The molecule has 0 fully saturated rings. The fourth-order valence-corrected chi connectivity index (χ4v) is 3.92. The first-order valence-corrected chi connectivity index (χ1v) is 12.0. The average molecular weight is 538 g/mol. The Kier molecular flexibility index (Phi) is 8.55. The number of hydrogen-bond acceptors (Lipinski definition) is 9. The Morgan fingerprint density at radius 3 is 1.92 bits per heavy atom. The van der Waals surface area contributed by atoms with Gasteiger partial charge in [0, 0.05) is 23.7 Å². The predicted molar refractivity (Wildman–Crippen MR) is 145 cm³/mol. The molecule has 0 spiro atoms. The summed E-state index contributed by atoms with van der Waals surface area (Å²) < 4.78 is 22.6. The Labute approximate surface area is 225 Å². The molecule has 198 valence electrons. The van der Waals surface area contributed by atoms with Crippen LogP contribution in [0.2, 0.25) is 5.02 Å². The van der Waals surface area contributed by atoms with Crippen LogP contribution in [0.4, 0.5) is 11.9 Å². The minimum atomic E-state index is -0.381. The minimum absolute atomic E-state index is 0.263. The topological polar surface area (TPSA) is 109 Å². The van der Waals surface area contributed by atoms with Crippen molar-refractivity contribution in [3.8, 4) is 23.0 Å². The number of rotatable bonds is 11. The molecule has 38 heavy (non-hydrogen) atoms. The second-order valence-corrected chi connectivity index (χ2v) is 8.51. The van der Waals surface area contributed by atoms with Gasteiger partial charge < -0.3 is 29.6 Å². The summed E-state index contributed by atoms with van der Waals surface area (Å²) in [6.07, 6.45) is 0. The largest absolute Gasteiger partial charge is 0.493 e. The number of nitrogens with zero attached hydrogens (tertiary/aromatic N) is 3. The molecule has 4 rings (SSSR count). The number of carbonyl (C=O) groups excluding carboxylic acids is 1. The lowest BCUT2D eigenvalue weighted by molar-refractivity contribution is 0.0947. The lowest BCUT2D eigenvalue weighted by atomic mass is 10.2. The zero-order chi connectivity index (χ0) is 27.1. The van der Waals surface area contributed by atoms with E-state index < -0.39 is 0 Å². The fraction of sp³-hybridized carbons (Fsp3) is 0.222. The van der Waals surface area contributed by atoms with Crippen LogP contribution in [0.15, 0.2) is 60.7 Å². The maximum atomic E-state index is 13.3. The van der Waals surface area contributed by atoms with Crippen LogP contribution < -0.4 is 29.6 Å². The van der Waals surface area contributed by atoms with Crippen LogP contribution in [0.3, 0.4) is 0 Å². The number of aromatic nitrogens is 3. The molecule has 0 aliphatic carbocycles. The van der Waals surface area contributed by atoms with Gasteiger partial charge in [-0.3, -0.25) is 4.79 Å². The first-order valence-electron chi connectivity index (χ1n) is 11.6. The second kappa shape index (κ2) is 12.2. The number of ether oxygens (including phenoxy) is 4. The van der Waals surface area contributed by atoms with Gasteiger partial charge in [-0.1, -0.05) is 29.8 Å². The molecule has 0 saturated carbocycles. The molecule has 0 unspecified atom stereocenters. The number of nitrogens with one attached hydrogen (secondary N) is 2. The van der Waals surface area contributed by atoms with Crippen molar-refractivity contribution in [2.75, 3.05) is 39.1 Å². The van der Waals surface area contributed by atoms with E-state index in [0.29, 0.717) is 46.7 Å². The molecule has 0 bridgehead atoms. The van der Waals surface area contributed by atoms with Gasteiger partial charge in [0.25, 0.3) is 5.91 Å². The summed E-state index contributed by atoms with van der Waals surface area (Å²) in [4.78, 5) is 17.8. The van der Waals surface area contributed by atoms with Crippen molar-refractivity contribution in [2.24, 2.45) is 0 Å². The van der Waals surface area contributed by atoms with E-state index >= 15 is 0 Å². The van der Waals surface area contributed by atoms with Gasteiger partial charge in [-0.2, -0.15) is 9.67 Å².